The molecule has 1 unspecified atom stereocenters. The molecule has 1 rings (SSSR count). The second-order valence-corrected chi connectivity index (χ2v) is 5.92. The second-order valence-electron chi connectivity index (χ2n) is 3.54. The summed E-state index contributed by atoms with van der Waals surface area (Å²) in [6.45, 7) is 6.40. The van der Waals surface area contributed by atoms with Gasteiger partial charge in [-0.3, -0.25) is 4.57 Å². The van der Waals surface area contributed by atoms with E-state index in [1.807, 2.05) is 45.0 Å². The van der Waals surface area contributed by atoms with Crippen LogP contribution in [-0.2, 0) is 20.2 Å². The third-order valence-corrected chi connectivity index (χ3v) is 4.34. The van der Waals surface area contributed by atoms with E-state index >= 15 is 0 Å². The molecule has 90 valence electrons. The first-order valence-corrected chi connectivity index (χ1v) is 7.26. The smallest absolute Gasteiger partial charge is 0.309 e. The largest absolute Gasteiger partial charge is 0.330 e. The monoisotopic (exact) mass is 242 g/mol. The summed E-state index contributed by atoms with van der Waals surface area (Å²) in [5, 5.41) is 0. The van der Waals surface area contributed by atoms with Crippen LogP contribution in [0.1, 0.15) is 25.0 Å². The molecule has 0 aliphatic carbocycles. The van der Waals surface area contributed by atoms with E-state index < -0.39 is 7.60 Å². The average Bonchev–Trinajstić information content (AvgIpc) is 2.28. The van der Waals surface area contributed by atoms with Gasteiger partial charge in [-0.25, -0.2) is 0 Å². The zero-order chi connectivity index (χ0) is 12.0. The minimum Gasteiger partial charge on any atom is -0.309 e. The van der Waals surface area contributed by atoms with Crippen LogP contribution in [-0.4, -0.2) is 12.8 Å². The molecule has 0 aliphatic heterocycles. The van der Waals surface area contributed by atoms with Crippen LogP contribution in [0.25, 0.3) is 0 Å². The lowest BCUT2D eigenvalue weighted by atomic mass is 10.1. The molecule has 0 N–H and O–H groups in total. The molecule has 1 atom stereocenters. The predicted molar refractivity (Wildman–Crippen MR) is 65.7 cm³/mol. The Balaban J connectivity index is 2.63. The van der Waals surface area contributed by atoms with E-state index in [1.54, 1.807) is 0 Å². The molecule has 0 bridgehead atoms. The number of benzene rings is 1. The Morgan fingerprint density at radius 2 is 1.88 bits per heavy atom. The Labute approximate surface area is 97.3 Å². The Bertz CT molecular complexity index is 376. The van der Waals surface area contributed by atoms with Gasteiger partial charge in [-0.2, -0.15) is 0 Å². The number of hydrogen-bond acceptors (Lipinski definition) is 3. The Morgan fingerprint density at radius 3 is 2.44 bits per heavy atom. The van der Waals surface area contributed by atoms with Gasteiger partial charge in [-0.15, -0.1) is 0 Å². The van der Waals surface area contributed by atoms with E-state index in [0.29, 0.717) is 19.4 Å². The van der Waals surface area contributed by atoms with Gasteiger partial charge < -0.3 is 9.05 Å². The van der Waals surface area contributed by atoms with Gasteiger partial charge in [-0.05, 0) is 25.0 Å². The van der Waals surface area contributed by atoms with Gasteiger partial charge >= 0.3 is 7.60 Å². The van der Waals surface area contributed by atoms with Crippen LogP contribution in [0.3, 0.4) is 0 Å². The SMILES string of the molecule is CCOP(=O)(CC)OCc1ccccc1C. The Morgan fingerprint density at radius 1 is 1.19 bits per heavy atom. The molecule has 0 aromatic heterocycles. The van der Waals surface area contributed by atoms with Crippen LogP contribution < -0.4 is 0 Å². The van der Waals surface area contributed by atoms with Crippen molar-refractivity contribution in [1.29, 1.82) is 0 Å². The molecule has 3 nitrogen and oxygen atoms in total. The third-order valence-electron chi connectivity index (χ3n) is 2.39. The van der Waals surface area contributed by atoms with Crippen molar-refractivity contribution in [2.45, 2.75) is 27.4 Å². The highest BCUT2D eigenvalue weighted by molar-refractivity contribution is 7.53. The number of hydrogen-bond donors (Lipinski definition) is 0. The zero-order valence-electron chi connectivity index (χ0n) is 10.1. The Kier molecular flexibility index (Phi) is 5.20. The normalized spacial score (nSPS) is 14.7. The van der Waals surface area contributed by atoms with Gasteiger partial charge in [0.1, 0.15) is 0 Å². The third kappa shape index (κ3) is 3.75. The lowest BCUT2D eigenvalue weighted by molar-refractivity contribution is 0.205. The van der Waals surface area contributed by atoms with Gasteiger partial charge in [-0.1, -0.05) is 31.2 Å². The van der Waals surface area contributed by atoms with Crippen LogP contribution in [0.5, 0.6) is 0 Å². The first-order valence-electron chi connectivity index (χ1n) is 5.54. The molecule has 4 heteroatoms. The predicted octanol–water partition coefficient (Wildman–Crippen LogP) is 3.76. The lowest BCUT2D eigenvalue weighted by Crippen LogP contribution is -1.99. The molecule has 0 fully saturated rings. The maximum atomic E-state index is 12.0. The first-order chi connectivity index (χ1) is 7.61. The van der Waals surface area contributed by atoms with Crippen LogP contribution in [0, 0.1) is 6.92 Å². The van der Waals surface area contributed by atoms with E-state index in [9.17, 15) is 4.57 Å². The van der Waals surface area contributed by atoms with E-state index in [2.05, 4.69) is 0 Å². The molecule has 1 aromatic rings. The molecule has 0 heterocycles. The van der Waals surface area contributed by atoms with Gasteiger partial charge in [0.2, 0.25) is 0 Å². The van der Waals surface area contributed by atoms with Crippen LogP contribution in [0.15, 0.2) is 24.3 Å². The highest BCUT2D eigenvalue weighted by atomic mass is 31.2. The standard InChI is InChI=1S/C12H19O3P/c1-4-14-16(13,5-2)15-10-12-9-7-6-8-11(12)3/h6-9H,4-5,10H2,1-3H3. The number of aryl methyl sites for hydroxylation is 1. The highest BCUT2D eigenvalue weighted by Gasteiger charge is 2.21. The fraction of sp³-hybridized carbons (Fsp3) is 0.500. The molecule has 0 spiro atoms. The summed E-state index contributed by atoms with van der Waals surface area (Å²) in [5.41, 5.74) is 2.19. The van der Waals surface area contributed by atoms with Gasteiger partial charge in [0.05, 0.1) is 13.2 Å². The van der Waals surface area contributed by atoms with Crippen LogP contribution >= 0.6 is 7.60 Å². The quantitative estimate of drug-likeness (QED) is 0.712. The molecular weight excluding hydrogens is 223 g/mol. The van der Waals surface area contributed by atoms with Gasteiger partial charge in [0.25, 0.3) is 0 Å². The van der Waals surface area contributed by atoms with Crippen LogP contribution in [0.2, 0.25) is 0 Å². The minimum atomic E-state index is -2.89. The zero-order valence-corrected chi connectivity index (χ0v) is 11.0. The van der Waals surface area contributed by atoms with E-state index in [0.717, 1.165) is 11.1 Å². The molecule has 0 saturated carbocycles. The van der Waals surface area contributed by atoms with E-state index in [-0.39, 0.29) is 0 Å². The maximum absolute atomic E-state index is 12.0. The molecule has 0 aliphatic rings. The lowest BCUT2D eigenvalue weighted by Gasteiger charge is -2.16. The minimum absolute atomic E-state index is 0.345. The molecule has 0 amide bonds. The van der Waals surface area contributed by atoms with Crippen molar-refractivity contribution in [3.63, 3.8) is 0 Å². The summed E-state index contributed by atoms with van der Waals surface area (Å²) in [7, 11) is -2.89. The molecule has 1 aromatic carbocycles. The van der Waals surface area contributed by atoms with Gasteiger partial charge in [0.15, 0.2) is 0 Å². The summed E-state index contributed by atoms with van der Waals surface area (Å²) >= 11 is 0. The summed E-state index contributed by atoms with van der Waals surface area (Å²) < 4.78 is 22.6. The fourth-order valence-corrected chi connectivity index (χ4v) is 2.53. The summed E-state index contributed by atoms with van der Waals surface area (Å²) in [6, 6.07) is 7.90. The van der Waals surface area contributed by atoms with Crippen molar-refractivity contribution in [2.24, 2.45) is 0 Å². The molecule has 16 heavy (non-hydrogen) atoms. The topological polar surface area (TPSA) is 35.5 Å². The molecule has 0 radical (unpaired) electrons. The highest BCUT2D eigenvalue weighted by Crippen LogP contribution is 2.48. The average molecular weight is 242 g/mol. The summed E-state index contributed by atoms with van der Waals surface area (Å²) in [5.74, 6) is 0. The van der Waals surface area contributed by atoms with Crippen LogP contribution in [0.4, 0.5) is 0 Å². The van der Waals surface area contributed by atoms with Crippen molar-refractivity contribution in [2.75, 3.05) is 12.8 Å². The molecular formula is C12H19O3P. The van der Waals surface area contributed by atoms with Crippen molar-refractivity contribution < 1.29 is 13.6 Å². The summed E-state index contributed by atoms with van der Waals surface area (Å²) in [4.78, 5) is 0. The Hall–Kier alpha value is -0.630. The van der Waals surface area contributed by atoms with Crippen molar-refractivity contribution in [3.8, 4) is 0 Å². The van der Waals surface area contributed by atoms with E-state index in [4.69, 9.17) is 9.05 Å². The summed E-state index contributed by atoms with van der Waals surface area (Å²) in [6.07, 6.45) is 0.409. The van der Waals surface area contributed by atoms with Crippen molar-refractivity contribution in [1.82, 2.24) is 0 Å². The first kappa shape index (κ1) is 13.4. The maximum Gasteiger partial charge on any atom is 0.330 e. The molecule has 0 saturated heterocycles. The van der Waals surface area contributed by atoms with Crippen molar-refractivity contribution in [3.05, 3.63) is 35.4 Å². The second kappa shape index (κ2) is 6.19. The number of rotatable bonds is 6. The van der Waals surface area contributed by atoms with E-state index in [1.165, 1.54) is 0 Å². The van der Waals surface area contributed by atoms with Crippen molar-refractivity contribution >= 4 is 7.60 Å². The fourth-order valence-electron chi connectivity index (χ4n) is 1.36. The van der Waals surface area contributed by atoms with Gasteiger partial charge in [0, 0.05) is 6.16 Å².